The van der Waals surface area contributed by atoms with Crippen molar-refractivity contribution in [2.24, 2.45) is 5.73 Å². The fourth-order valence-corrected chi connectivity index (χ4v) is 2.07. The Morgan fingerprint density at radius 2 is 1.90 bits per heavy atom. The Labute approximate surface area is 115 Å². The van der Waals surface area contributed by atoms with Gasteiger partial charge in [0.2, 0.25) is 15.7 Å². The monoisotopic (exact) mass is 304 g/mol. The third-order valence-electron chi connectivity index (χ3n) is 2.44. The van der Waals surface area contributed by atoms with Crippen molar-refractivity contribution in [2.45, 2.75) is 23.1 Å². The zero-order valence-electron chi connectivity index (χ0n) is 10.4. The van der Waals surface area contributed by atoms with Crippen LogP contribution in [0.3, 0.4) is 0 Å². The molecule has 0 bridgehead atoms. The van der Waals surface area contributed by atoms with Crippen molar-refractivity contribution in [2.75, 3.05) is 5.32 Å². The maximum Gasteiger partial charge on any atom is 0.341 e. The number of hydrogen-bond acceptors (Lipinski definition) is 4. The van der Waals surface area contributed by atoms with Gasteiger partial charge in [-0.2, -0.15) is 8.78 Å². The van der Waals surface area contributed by atoms with Gasteiger partial charge in [0.1, 0.15) is 0 Å². The Kier molecular flexibility index (Phi) is 5.34. The van der Waals surface area contributed by atoms with Crippen LogP contribution in [0.15, 0.2) is 41.8 Å². The van der Waals surface area contributed by atoms with Gasteiger partial charge in [0.05, 0.1) is 10.9 Å². The lowest BCUT2D eigenvalue weighted by Crippen LogP contribution is -2.35. The number of rotatable bonds is 6. The Morgan fingerprint density at radius 1 is 1.35 bits per heavy atom. The molecule has 0 saturated carbocycles. The number of nitrogens with one attached hydrogen (secondary N) is 1. The molecule has 20 heavy (non-hydrogen) atoms. The van der Waals surface area contributed by atoms with Crippen molar-refractivity contribution in [3.63, 3.8) is 0 Å². The van der Waals surface area contributed by atoms with E-state index < -0.39 is 32.4 Å². The maximum absolute atomic E-state index is 12.3. The molecule has 0 aliphatic rings. The molecule has 0 spiro atoms. The summed E-state index contributed by atoms with van der Waals surface area (Å²) < 4.78 is 47.0. The summed E-state index contributed by atoms with van der Waals surface area (Å²) >= 11 is 0. The summed E-state index contributed by atoms with van der Waals surface area (Å²) in [4.78, 5) is 11.1. The van der Waals surface area contributed by atoms with E-state index in [0.717, 1.165) is 12.1 Å². The predicted molar refractivity (Wildman–Crippen MR) is 71.1 cm³/mol. The largest absolute Gasteiger partial charge is 0.341 e. The zero-order valence-corrected chi connectivity index (χ0v) is 11.2. The number of halogens is 2. The van der Waals surface area contributed by atoms with E-state index in [9.17, 15) is 22.0 Å². The molecule has 0 fully saturated rings. The van der Waals surface area contributed by atoms with E-state index in [-0.39, 0.29) is 12.1 Å². The van der Waals surface area contributed by atoms with Crippen LogP contribution in [0.4, 0.5) is 14.5 Å². The molecule has 1 amide bonds. The Hall–Kier alpha value is -1.80. The highest BCUT2D eigenvalue weighted by atomic mass is 32.2. The van der Waals surface area contributed by atoms with Crippen LogP contribution >= 0.6 is 0 Å². The fraction of sp³-hybridized carbons (Fsp3) is 0.250. The lowest BCUT2D eigenvalue weighted by molar-refractivity contribution is -0.117. The van der Waals surface area contributed by atoms with Gasteiger partial charge in [0.25, 0.3) is 0 Å². The van der Waals surface area contributed by atoms with Gasteiger partial charge in [-0.1, -0.05) is 6.08 Å². The Balaban J connectivity index is 2.83. The summed E-state index contributed by atoms with van der Waals surface area (Å²) in [5.41, 5.74) is 5.80. The van der Waals surface area contributed by atoms with E-state index in [1.807, 2.05) is 0 Å². The number of sulfone groups is 1. The molecule has 1 rings (SSSR count). The third-order valence-corrected chi connectivity index (χ3v) is 3.84. The summed E-state index contributed by atoms with van der Waals surface area (Å²) in [7, 11) is -4.63. The second-order valence-electron chi connectivity index (χ2n) is 3.95. The molecule has 8 heteroatoms. The molecule has 0 aliphatic heterocycles. The summed E-state index contributed by atoms with van der Waals surface area (Å²) in [5.74, 6) is -3.96. The zero-order chi connectivity index (χ0) is 15.3. The van der Waals surface area contributed by atoms with Crippen LogP contribution in [-0.4, -0.2) is 26.1 Å². The summed E-state index contributed by atoms with van der Waals surface area (Å²) in [6, 6.07) is 3.64. The molecule has 1 unspecified atom stereocenters. The first-order valence-corrected chi connectivity index (χ1v) is 7.13. The second-order valence-corrected chi connectivity index (χ2v) is 5.87. The SMILES string of the molecule is C=CCC(N)C(=O)Nc1ccc(S(=O)(=O)C(F)F)cc1. The highest BCUT2D eigenvalue weighted by molar-refractivity contribution is 7.91. The van der Waals surface area contributed by atoms with Crippen molar-refractivity contribution < 1.29 is 22.0 Å². The summed E-state index contributed by atoms with van der Waals surface area (Å²) in [6.45, 7) is 3.45. The standard InChI is InChI=1S/C12H14F2N2O3S/c1-2-3-10(15)11(17)16-8-4-6-9(7-5-8)20(18,19)12(13)14/h2,4-7,10,12H,1,3,15H2,(H,16,17). The van der Waals surface area contributed by atoms with Gasteiger partial charge in [-0.15, -0.1) is 6.58 Å². The number of benzene rings is 1. The van der Waals surface area contributed by atoms with Gasteiger partial charge in [-0.05, 0) is 30.7 Å². The first-order valence-electron chi connectivity index (χ1n) is 5.58. The molecular formula is C12H14F2N2O3S. The van der Waals surface area contributed by atoms with Crippen LogP contribution in [0.25, 0.3) is 0 Å². The average Bonchev–Trinajstić information content (AvgIpc) is 2.39. The van der Waals surface area contributed by atoms with Crippen molar-refractivity contribution in [1.29, 1.82) is 0 Å². The van der Waals surface area contributed by atoms with Crippen LogP contribution in [-0.2, 0) is 14.6 Å². The van der Waals surface area contributed by atoms with E-state index in [2.05, 4.69) is 11.9 Å². The quantitative estimate of drug-likeness (QED) is 0.780. The highest BCUT2D eigenvalue weighted by Crippen LogP contribution is 2.20. The molecule has 0 aromatic heterocycles. The molecule has 1 aromatic carbocycles. The van der Waals surface area contributed by atoms with Crippen LogP contribution in [0.5, 0.6) is 0 Å². The molecule has 1 atom stereocenters. The van der Waals surface area contributed by atoms with E-state index in [1.54, 1.807) is 0 Å². The maximum atomic E-state index is 12.3. The average molecular weight is 304 g/mol. The lowest BCUT2D eigenvalue weighted by Gasteiger charge is -2.10. The van der Waals surface area contributed by atoms with Crippen LogP contribution < -0.4 is 11.1 Å². The smallest absolute Gasteiger partial charge is 0.325 e. The van der Waals surface area contributed by atoms with Gasteiger partial charge in [-0.25, -0.2) is 8.42 Å². The van der Waals surface area contributed by atoms with Crippen molar-refractivity contribution >= 4 is 21.4 Å². The number of alkyl halides is 2. The minimum absolute atomic E-state index is 0.266. The van der Waals surface area contributed by atoms with Gasteiger partial charge in [0.15, 0.2) is 0 Å². The molecule has 110 valence electrons. The minimum atomic E-state index is -4.63. The molecule has 5 nitrogen and oxygen atoms in total. The predicted octanol–water partition coefficient (Wildman–Crippen LogP) is 1.52. The fourth-order valence-electron chi connectivity index (χ4n) is 1.35. The number of hydrogen-bond donors (Lipinski definition) is 2. The van der Waals surface area contributed by atoms with Crippen molar-refractivity contribution in [3.8, 4) is 0 Å². The summed E-state index contributed by atoms with van der Waals surface area (Å²) in [5, 5.41) is 2.44. The topological polar surface area (TPSA) is 89.3 Å². The molecule has 3 N–H and O–H groups in total. The number of amides is 1. The lowest BCUT2D eigenvalue weighted by atomic mass is 10.2. The first-order chi connectivity index (χ1) is 9.28. The van der Waals surface area contributed by atoms with Gasteiger partial charge >= 0.3 is 5.76 Å². The number of nitrogens with two attached hydrogens (primary N) is 1. The van der Waals surface area contributed by atoms with Crippen LogP contribution in [0.1, 0.15) is 6.42 Å². The molecular weight excluding hydrogens is 290 g/mol. The van der Waals surface area contributed by atoms with Crippen LogP contribution in [0.2, 0.25) is 0 Å². The van der Waals surface area contributed by atoms with E-state index >= 15 is 0 Å². The summed E-state index contributed by atoms with van der Waals surface area (Å²) in [6.07, 6.45) is 1.77. The first kappa shape index (κ1) is 16.3. The van der Waals surface area contributed by atoms with Gasteiger partial charge in [0, 0.05) is 5.69 Å². The van der Waals surface area contributed by atoms with Gasteiger partial charge < -0.3 is 11.1 Å². The number of carbonyl (C=O) groups is 1. The van der Waals surface area contributed by atoms with E-state index in [4.69, 9.17) is 5.73 Å². The normalized spacial score (nSPS) is 13.0. The number of carbonyl (C=O) groups excluding carboxylic acids is 1. The second kappa shape index (κ2) is 6.58. The highest BCUT2D eigenvalue weighted by Gasteiger charge is 2.26. The Morgan fingerprint density at radius 3 is 2.35 bits per heavy atom. The molecule has 0 heterocycles. The van der Waals surface area contributed by atoms with Gasteiger partial charge in [-0.3, -0.25) is 4.79 Å². The van der Waals surface area contributed by atoms with Crippen molar-refractivity contribution in [3.05, 3.63) is 36.9 Å². The van der Waals surface area contributed by atoms with Crippen LogP contribution in [0, 0.1) is 0 Å². The van der Waals surface area contributed by atoms with E-state index in [1.165, 1.54) is 18.2 Å². The molecule has 0 saturated heterocycles. The minimum Gasteiger partial charge on any atom is -0.325 e. The molecule has 1 aromatic rings. The van der Waals surface area contributed by atoms with Crippen molar-refractivity contribution in [1.82, 2.24) is 0 Å². The molecule has 0 aliphatic carbocycles. The Bertz CT molecular complexity index is 585. The molecule has 0 radical (unpaired) electrons. The third kappa shape index (κ3) is 3.84. The van der Waals surface area contributed by atoms with E-state index in [0.29, 0.717) is 0 Å². The number of anilines is 1.